The lowest BCUT2D eigenvalue weighted by Crippen LogP contribution is -2.01. The number of benzene rings is 9. The van der Waals surface area contributed by atoms with E-state index in [0.717, 1.165) is 38.2 Å². The topological polar surface area (TPSA) is 51.6 Å². The number of nitrogens with zero attached hydrogens (tertiary/aromatic N) is 4. The molecule has 2 heterocycles. The van der Waals surface area contributed by atoms with Crippen molar-refractivity contribution in [2.24, 2.45) is 0 Å². The molecule has 250 valence electrons. The van der Waals surface area contributed by atoms with Crippen molar-refractivity contribution in [2.45, 2.75) is 0 Å². The molecule has 54 heavy (non-hydrogen) atoms. The molecule has 0 saturated heterocycles. The van der Waals surface area contributed by atoms with Gasteiger partial charge in [0.15, 0.2) is 17.5 Å². The first-order valence-electron chi connectivity index (χ1n) is 18.2. The molecule has 0 saturated carbocycles. The number of hydrogen-bond acceptors (Lipinski definition) is 4. The highest BCUT2D eigenvalue weighted by Crippen LogP contribution is 2.40. The number of hydrogen-bond donors (Lipinski definition) is 0. The van der Waals surface area contributed by atoms with Crippen LogP contribution in [0.1, 0.15) is 0 Å². The molecule has 11 aromatic rings. The second kappa shape index (κ2) is 12.1. The quantitative estimate of drug-likeness (QED) is 0.173. The Bertz CT molecular complexity index is 3240. The number of fused-ring (bicyclic) bond motifs is 10. The third-order valence-electron chi connectivity index (χ3n) is 10.7. The fourth-order valence-corrected chi connectivity index (χ4v) is 8.18. The molecule has 0 aliphatic carbocycles. The van der Waals surface area contributed by atoms with Gasteiger partial charge in [-0.15, -0.1) is 0 Å². The molecule has 0 spiro atoms. The van der Waals surface area contributed by atoms with E-state index in [1.54, 1.807) is 0 Å². The normalized spacial score (nSPS) is 11.7. The van der Waals surface area contributed by atoms with Gasteiger partial charge in [0, 0.05) is 22.7 Å². The van der Waals surface area contributed by atoms with E-state index in [1.165, 1.54) is 48.7 Å². The Kier molecular flexibility index (Phi) is 6.82. The Morgan fingerprint density at radius 1 is 0.278 bits per heavy atom. The summed E-state index contributed by atoms with van der Waals surface area (Å²) >= 11 is 0. The minimum atomic E-state index is 0.538. The van der Waals surface area contributed by atoms with Gasteiger partial charge in [-0.3, -0.25) is 4.98 Å². The Balaban J connectivity index is 1.10. The van der Waals surface area contributed by atoms with Gasteiger partial charge in [0.1, 0.15) is 5.69 Å². The third-order valence-corrected chi connectivity index (χ3v) is 10.7. The van der Waals surface area contributed by atoms with Crippen LogP contribution in [0.4, 0.5) is 0 Å². The largest absolute Gasteiger partial charge is 0.252 e. The van der Waals surface area contributed by atoms with Crippen molar-refractivity contribution in [3.05, 3.63) is 182 Å². The fraction of sp³-hybridized carbons (Fsp3) is 0. The first-order valence-corrected chi connectivity index (χ1v) is 18.2. The highest BCUT2D eigenvalue weighted by Gasteiger charge is 2.17. The number of pyridine rings is 1. The second-order valence-electron chi connectivity index (χ2n) is 13.8. The van der Waals surface area contributed by atoms with Crippen LogP contribution in [-0.2, 0) is 0 Å². The Morgan fingerprint density at radius 3 is 1.59 bits per heavy atom. The Labute approximate surface area is 311 Å². The first-order chi connectivity index (χ1) is 26.8. The summed E-state index contributed by atoms with van der Waals surface area (Å²) in [5.41, 5.74) is 4.90. The van der Waals surface area contributed by atoms with Gasteiger partial charge in [0.25, 0.3) is 0 Å². The van der Waals surface area contributed by atoms with Gasteiger partial charge in [-0.05, 0) is 82.5 Å². The van der Waals surface area contributed by atoms with Crippen molar-refractivity contribution in [3.63, 3.8) is 0 Å². The summed E-state index contributed by atoms with van der Waals surface area (Å²) in [6, 6.07) is 62.2. The molecular formula is C50H30N4. The molecule has 2 aromatic heterocycles. The molecule has 0 atom stereocenters. The van der Waals surface area contributed by atoms with Crippen LogP contribution in [0.3, 0.4) is 0 Å². The lowest BCUT2D eigenvalue weighted by Gasteiger charge is -2.14. The monoisotopic (exact) mass is 686 g/mol. The molecule has 9 aromatic carbocycles. The van der Waals surface area contributed by atoms with E-state index in [4.69, 9.17) is 19.9 Å². The van der Waals surface area contributed by atoms with Gasteiger partial charge in [0.2, 0.25) is 0 Å². The molecule has 4 heteroatoms. The maximum absolute atomic E-state index is 5.14. The van der Waals surface area contributed by atoms with E-state index in [0.29, 0.717) is 23.2 Å². The molecule has 0 unspecified atom stereocenters. The summed E-state index contributed by atoms with van der Waals surface area (Å²) in [5.74, 6) is 1.76. The van der Waals surface area contributed by atoms with E-state index < -0.39 is 0 Å². The van der Waals surface area contributed by atoms with Gasteiger partial charge >= 0.3 is 0 Å². The maximum atomic E-state index is 5.14. The highest BCUT2D eigenvalue weighted by molar-refractivity contribution is 6.26. The zero-order valence-electron chi connectivity index (χ0n) is 29.1. The average molecular weight is 687 g/mol. The van der Waals surface area contributed by atoms with E-state index in [2.05, 4.69) is 146 Å². The van der Waals surface area contributed by atoms with Crippen LogP contribution in [0.5, 0.6) is 0 Å². The maximum Gasteiger partial charge on any atom is 0.182 e. The van der Waals surface area contributed by atoms with Crippen molar-refractivity contribution in [1.82, 2.24) is 19.9 Å². The first kappa shape index (κ1) is 30.3. The third kappa shape index (κ3) is 4.85. The standard InChI is InChI=1S/C50H30N4/c1-2-13-32(14-3-1)48-52-49(54-50(53-48)47-29-34-25-24-31-12-4-5-15-35(31)46(34)30-51-47)44-23-11-21-37-36(20-10-22-41(37)44)33-26-27-43-40-18-7-6-16-38(40)39-17-8-9-19-42(39)45(43)28-33/h1-30H. The smallest absolute Gasteiger partial charge is 0.182 e. The Morgan fingerprint density at radius 2 is 0.833 bits per heavy atom. The van der Waals surface area contributed by atoms with Crippen LogP contribution in [-0.4, -0.2) is 19.9 Å². The molecule has 0 amide bonds. The van der Waals surface area contributed by atoms with Crippen LogP contribution < -0.4 is 0 Å². The highest BCUT2D eigenvalue weighted by atomic mass is 15.0. The predicted octanol–water partition coefficient (Wildman–Crippen LogP) is 12.9. The molecule has 0 N–H and O–H groups in total. The van der Waals surface area contributed by atoms with Crippen LogP contribution in [0.15, 0.2) is 182 Å². The van der Waals surface area contributed by atoms with Crippen molar-refractivity contribution in [3.8, 4) is 45.4 Å². The summed E-state index contributed by atoms with van der Waals surface area (Å²) < 4.78 is 0. The second-order valence-corrected chi connectivity index (χ2v) is 13.8. The Hall–Kier alpha value is -7.30. The summed E-state index contributed by atoms with van der Waals surface area (Å²) in [6.45, 7) is 0. The molecule has 4 nitrogen and oxygen atoms in total. The van der Waals surface area contributed by atoms with Gasteiger partial charge < -0.3 is 0 Å². The zero-order chi connectivity index (χ0) is 35.6. The van der Waals surface area contributed by atoms with E-state index in [1.807, 2.05) is 36.5 Å². The van der Waals surface area contributed by atoms with E-state index in [-0.39, 0.29) is 0 Å². The van der Waals surface area contributed by atoms with Crippen molar-refractivity contribution in [1.29, 1.82) is 0 Å². The fourth-order valence-electron chi connectivity index (χ4n) is 8.18. The molecule has 0 aliphatic rings. The van der Waals surface area contributed by atoms with Gasteiger partial charge in [0.05, 0.1) is 0 Å². The molecule has 0 fully saturated rings. The van der Waals surface area contributed by atoms with Gasteiger partial charge in [-0.2, -0.15) is 0 Å². The molecular weight excluding hydrogens is 657 g/mol. The molecule has 0 radical (unpaired) electrons. The minimum Gasteiger partial charge on any atom is -0.252 e. The molecule has 0 aliphatic heterocycles. The lowest BCUT2D eigenvalue weighted by atomic mass is 9.90. The van der Waals surface area contributed by atoms with Crippen LogP contribution in [0.25, 0.3) is 110 Å². The number of aromatic nitrogens is 4. The lowest BCUT2D eigenvalue weighted by molar-refractivity contribution is 1.06. The predicted molar refractivity (Wildman–Crippen MR) is 224 cm³/mol. The zero-order valence-corrected chi connectivity index (χ0v) is 29.1. The van der Waals surface area contributed by atoms with Crippen molar-refractivity contribution >= 4 is 64.6 Å². The average Bonchev–Trinajstić information content (AvgIpc) is 3.25. The summed E-state index contributed by atoms with van der Waals surface area (Å²) in [4.78, 5) is 20.2. The summed E-state index contributed by atoms with van der Waals surface area (Å²) in [5, 5.41) is 14.4. The van der Waals surface area contributed by atoms with Crippen LogP contribution >= 0.6 is 0 Å². The van der Waals surface area contributed by atoms with E-state index in [9.17, 15) is 0 Å². The summed E-state index contributed by atoms with van der Waals surface area (Å²) in [6.07, 6.45) is 1.94. The SMILES string of the molecule is c1ccc(-c2nc(-c3cc4ccc5ccccc5c4cn3)nc(-c3cccc4c(-c5ccc6c7ccccc7c7ccccc7c6c5)cccc34)n2)cc1. The van der Waals surface area contributed by atoms with Crippen LogP contribution in [0.2, 0.25) is 0 Å². The van der Waals surface area contributed by atoms with Crippen molar-refractivity contribution < 1.29 is 0 Å². The molecule has 0 bridgehead atoms. The van der Waals surface area contributed by atoms with Gasteiger partial charge in [-0.25, -0.2) is 15.0 Å². The number of rotatable bonds is 4. The summed E-state index contributed by atoms with van der Waals surface area (Å²) in [7, 11) is 0. The molecule has 11 rings (SSSR count). The van der Waals surface area contributed by atoms with Crippen molar-refractivity contribution in [2.75, 3.05) is 0 Å². The minimum absolute atomic E-state index is 0.538. The van der Waals surface area contributed by atoms with Gasteiger partial charge in [-0.1, -0.05) is 164 Å². The van der Waals surface area contributed by atoms with Crippen LogP contribution in [0, 0.1) is 0 Å². The van der Waals surface area contributed by atoms with E-state index >= 15 is 0 Å².